The van der Waals surface area contributed by atoms with Crippen molar-refractivity contribution in [3.63, 3.8) is 0 Å². The second-order valence-electron chi connectivity index (χ2n) is 5.22. The Morgan fingerprint density at radius 2 is 2.13 bits per heavy atom. The van der Waals surface area contributed by atoms with Crippen LogP contribution >= 0.6 is 12.4 Å². The molecule has 8 heteroatoms. The Hall–Kier alpha value is -1.41. The molecule has 0 spiro atoms. The minimum atomic E-state index is -0.860. The van der Waals surface area contributed by atoms with Gasteiger partial charge >= 0.3 is 0 Å². The number of nitrogens with two attached hydrogens (primary N) is 1. The van der Waals surface area contributed by atoms with E-state index in [0.717, 1.165) is 6.42 Å². The number of carbonyl (C=O) groups excluding carboxylic acids is 1. The summed E-state index contributed by atoms with van der Waals surface area (Å²) in [5.41, 5.74) is 5.49. The second-order valence-corrected chi connectivity index (χ2v) is 5.22. The molecule has 4 N–H and O–H groups in total. The van der Waals surface area contributed by atoms with Crippen LogP contribution in [0.15, 0.2) is 24.3 Å². The lowest BCUT2D eigenvalue weighted by atomic mass is 10.2. The van der Waals surface area contributed by atoms with Crippen LogP contribution < -0.4 is 15.8 Å². The molecular formula is C15H22ClFN2O4. The molecule has 23 heavy (non-hydrogen) atoms. The standard InChI is InChI=1S/C15H21FN2O4.ClH/c16-10-1-3-12(4-2-10)21-9-11(19)8-18-15(20)14-6-5-13(7-17)22-14;/h1-4,11,13-14,19H,5-9,17H2,(H,18,20);1H/t11?,13-,14+;/m1./s1. The van der Waals surface area contributed by atoms with Crippen LogP contribution in [0.25, 0.3) is 0 Å². The highest BCUT2D eigenvalue weighted by Crippen LogP contribution is 2.18. The molecule has 1 fully saturated rings. The normalized spacial score (nSPS) is 21.3. The van der Waals surface area contributed by atoms with E-state index in [4.69, 9.17) is 15.2 Å². The highest BCUT2D eigenvalue weighted by molar-refractivity contribution is 5.85. The first-order chi connectivity index (χ1) is 10.6. The molecule has 1 saturated heterocycles. The van der Waals surface area contributed by atoms with Crippen molar-refractivity contribution in [1.82, 2.24) is 5.32 Å². The summed E-state index contributed by atoms with van der Waals surface area (Å²) in [6.45, 7) is 0.466. The first kappa shape index (κ1) is 19.6. The average molecular weight is 349 g/mol. The van der Waals surface area contributed by atoms with E-state index in [9.17, 15) is 14.3 Å². The molecule has 2 rings (SSSR count). The Morgan fingerprint density at radius 3 is 2.74 bits per heavy atom. The number of carbonyl (C=O) groups is 1. The zero-order chi connectivity index (χ0) is 15.9. The van der Waals surface area contributed by atoms with Gasteiger partial charge < -0.3 is 25.6 Å². The average Bonchev–Trinajstić information content (AvgIpc) is 3.01. The maximum absolute atomic E-state index is 12.7. The Balaban J connectivity index is 0.00000264. The molecule has 3 atom stereocenters. The van der Waals surface area contributed by atoms with Crippen LogP contribution in [0.1, 0.15) is 12.8 Å². The number of aliphatic hydroxyl groups is 1. The van der Waals surface area contributed by atoms with E-state index in [-0.39, 0.29) is 43.4 Å². The van der Waals surface area contributed by atoms with Gasteiger partial charge in [0.05, 0.1) is 6.10 Å². The molecule has 1 heterocycles. The van der Waals surface area contributed by atoms with E-state index in [2.05, 4.69) is 5.32 Å². The molecule has 1 aromatic carbocycles. The number of amides is 1. The van der Waals surface area contributed by atoms with Crippen LogP contribution in [0.2, 0.25) is 0 Å². The van der Waals surface area contributed by atoms with Crippen LogP contribution in [0.5, 0.6) is 5.75 Å². The van der Waals surface area contributed by atoms with Crippen molar-refractivity contribution < 1.29 is 23.8 Å². The molecule has 0 radical (unpaired) electrons. The number of halogens is 2. The third kappa shape index (κ3) is 6.31. The Morgan fingerprint density at radius 1 is 1.43 bits per heavy atom. The number of rotatable bonds is 7. The molecule has 1 unspecified atom stereocenters. The van der Waals surface area contributed by atoms with E-state index >= 15 is 0 Å². The van der Waals surface area contributed by atoms with Gasteiger partial charge in [-0.2, -0.15) is 0 Å². The third-order valence-electron chi connectivity index (χ3n) is 3.43. The van der Waals surface area contributed by atoms with Crippen molar-refractivity contribution in [3.05, 3.63) is 30.1 Å². The quantitative estimate of drug-likeness (QED) is 0.671. The van der Waals surface area contributed by atoms with Crippen molar-refractivity contribution >= 4 is 18.3 Å². The monoisotopic (exact) mass is 348 g/mol. The minimum absolute atomic E-state index is 0. The van der Waals surface area contributed by atoms with E-state index in [1.54, 1.807) is 0 Å². The molecule has 0 saturated carbocycles. The van der Waals surface area contributed by atoms with Gasteiger partial charge in [-0.3, -0.25) is 4.79 Å². The van der Waals surface area contributed by atoms with Gasteiger partial charge in [-0.1, -0.05) is 0 Å². The molecule has 1 amide bonds. The first-order valence-corrected chi connectivity index (χ1v) is 7.28. The van der Waals surface area contributed by atoms with Gasteiger partial charge in [-0.15, -0.1) is 12.4 Å². The lowest BCUT2D eigenvalue weighted by Gasteiger charge is -2.16. The van der Waals surface area contributed by atoms with Crippen LogP contribution in [0.4, 0.5) is 4.39 Å². The van der Waals surface area contributed by atoms with Crippen LogP contribution in [-0.4, -0.2) is 49.0 Å². The van der Waals surface area contributed by atoms with Gasteiger partial charge in [-0.25, -0.2) is 4.39 Å². The van der Waals surface area contributed by atoms with E-state index in [1.165, 1.54) is 24.3 Å². The van der Waals surface area contributed by atoms with Gasteiger partial charge in [0.1, 0.15) is 30.4 Å². The van der Waals surface area contributed by atoms with Crippen molar-refractivity contribution in [2.45, 2.75) is 31.2 Å². The van der Waals surface area contributed by atoms with Gasteiger partial charge in [-0.05, 0) is 37.1 Å². The molecule has 6 nitrogen and oxygen atoms in total. The smallest absolute Gasteiger partial charge is 0.249 e. The molecule has 1 aromatic rings. The molecular weight excluding hydrogens is 327 g/mol. The van der Waals surface area contributed by atoms with Crippen LogP contribution in [-0.2, 0) is 9.53 Å². The van der Waals surface area contributed by atoms with Crippen LogP contribution in [0, 0.1) is 5.82 Å². The minimum Gasteiger partial charge on any atom is -0.491 e. The number of aliphatic hydroxyl groups excluding tert-OH is 1. The van der Waals surface area contributed by atoms with Gasteiger partial charge in [0.25, 0.3) is 0 Å². The number of nitrogens with one attached hydrogen (secondary N) is 1. The van der Waals surface area contributed by atoms with Gasteiger partial charge in [0, 0.05) is 13.1 Å². The zero-order valence-corrected chi connectivity index (χ0v) is 13.4. The fourth-order valence-electron chi connectivity index (χ4n) is 2.19. The molecule has 0 aromatic heterocycles. The Bertz CT molecular complexity index is 489. The number of benzene rings is 1. The topological polar surface area (TPSA) is 93.8 Å². The molecule has 0 bridgehead atoms. The summed E-state index contributed by atoms with van der Waals surface area (Å²) in [5.74, 6) is -0.152. The summed E-state index contributed by atoms with van der Waals surface area (Å²) in [6.07, 6.45) is -0.0253. The molecule has 0 aliphatic carbocycles. The van der Waals surface area contributed by atoms with Crippen molar-refractivity contribution in [1.29, 1.82) is 0 Å². The predicted molar refractivity (Wildman–Crippen MR) is 85.1 cm³/mol. The van der Waals surface area contributed by atoms with E-state index in [1.807, 2.05) is 0 Å². The van der Waals surface area contributed by atoms with E-state index in [0.29, 0.717) is 18.7 Å². The summed E-state index contributed by atoms with van der Waals surface area (Å²) in [5, 5.41) is 12.4. The Kier molecular flexibility index (Phi) is 8.25. The highest BCUT2D eigenvalue weighted by atomic mass is 35.5. The third-order valence-corrected chi connectivity index (χ3v) is 3.43. The fourth-order valence-corrected chi connectivity index (χ4v) is 2.19. The maximum Gasteiger partial charge on any atom is 0.249 e. The summed E-state index contributed by atoms with van der Waals surface area (Å²) >= 11 is 0. The summed E-state index contributed by atoms with van der Waals surface area (Å²) in [4.78, 5) is 11.9. The SMILES string of the molecule is Cl.NC[C@H]1CC[C@@H](C(=O)NCC(O)COc2ccc(F)cc2)O1. The number of hydrogen-bond acceptors (Lipinski definition) is 5. The van der Waals surface area contributed by atoms with Crippen molar-refractivity contribution in [2.24, 2.45) is 5.73 Å². The predicted octanol–water partition coefficient (Wildman–Crippen LogP) is 0.610. The summed E-state index contributed by atoms with van der Waals surface area (Å²) in [6, 6.07) is 5.49. The van der Waals surface area contributed by atoms with Crippen molar-refractivity contribution in [3.8, 4) is 5.75 Å². The van der Waals surface area contributed by atoms with Crippen molar-refractivity contribution in [2.75, 3.05) is 19.7 Å². The maximum atomic E-state index is 12.7. The number of hydrogen-bond donors (Lipinski definition) is 3. The van der Waals surface area contributed by atoms with Gasteiger partial charge in [0.15, 0.2) is 0 Å². The fraction of sp³-hybridized carbons (Fsp3) is 0.533. The lowest BCUT2D eigenvalue weighted by Crippen LogP contribution is -2.41. The number of ether oxygens (including phenoxy) is 2. The van der Waals surface area contributed by atoms with E-state index < -0.39 is 12.2 Å². The second kappa shape index (κ2) is 9.67. The lowest BCUT2D eigenvalue weighted by molar-refractivity contribution is -0.132. The van der Waals surface area contributed by atoms with Crippen LogP contribution in [0.3, 0.4) is 0 Å². The molecule has 1 aliphatic rings. The zero-order valence-electron chi connectivity index (χ0n) is 12.6. The summed E-state index contributed by atoms with van der Waals surface area (Å²) < 4.78 is 23.5. The highest BCUT2D eigenvalue weighted by Gasteiger charge is 2.29. The van der Waals surface area contributed by atoms with Gasteiger partial charge in [0.2, 0.25) is 5.91 Å². The summed E-state index contributed by atoms with van der Waals surface area (Å²) in [7, 11) is 0. The Labute approximate surface area is 140 Å². The largest absolute Gasteiger partial charge is 0.491 e. The molecule has 1 aliphatic heterocycles. The first-order valence-electron chi connectivity index (χ1n) is 7.28. The molecule has 130 valence electrons.